The van der Waals surface area contributed by atoms with E-state index in [-0.39, 0.29) is 10.6 Å². The number of carbonyl (C=O) groups excluding carboxylic acids is 1. The van der Waals surface area contributed by atoms with Gasteiger partial charge in [0.15, 0.2) is 0 Å². The number of ether oxygens (including phenoxy) is 1. The molecule has 2 N–H and O–H groups in total. The second-order valence-electron chi connectivity index (χ2n) is 11.3. The third kappa shape index (κ3) is 6.16. The molecule has 0 aliphatic heterocycles. The molecule has 0 spiro atoms. The zero-order chi connectivity index (χ0) is 33.3. The van der Waals surface area contributed by atoms with Crippen molar-refractivity contribution in [3.8, 4) is 17.0 Å². The number of aryl methyl sites for hydroxylation is 2. The lowest BCUT2D eigenvalue weighted by Crippen LogP contribution is -2.18. The van der Waals surface area contributed by atoms with Crippen LogP contribution in [0.15, 0.2) is 119 Å². The van der Waals surface area contributed by atoms with Crippen LogP contribution in [0, 0.1) is 6.92 Å². The van der Waals surface area contributed by atoms with Crippen LogP contribution in [0.2, 0.25) is 0 Å². The van der Waals surface area contributed by atoms with Gasteiger partial charge < -0.3 is 9.30 Å². The van der Waals surface area contributed by atoms with Gasteiger partial charge in [-0.3, -0.25) is 9.89 Å². The Morgan fingerprint density at radius 3 is 2.50 bits per heavy atom. The van der Waals surface area contributed by atoms with Gasteiger partial charge in [0.2, 0.25) is 6.79 Å². The summed E-state index contributed by atoms with van der Waals surface area (Å²) in [4.78, 5) is 12.9. The average Bonchev–Trinajstić information content (AvgIpc) is 3.72. The van der Waals surface area contributed by atoms with Gasteiger partial charge in [0.1, 0.15) is 11.4 Å². The van der Waals surface area contributed by atoms with Gasteiger partial charge in [0.25, 0.3) is 16.0 Å². The molecule has 5 aromatic carbocycles. The van der Waals surface area contributed by atoms with Crippen LogP contribution in [-0.4, -0.2) is 42.1 Å². The van der Waals surface area contributed by atoms with Gasteiger partial charge >= 0.3 is 0 Å². The molecule has 0 atom stereocenters. The Hall–Kier alpha value is -5.78. The van der Waals surface area contributed by atoms with Crippen LogP contribution in [0.5, 0.6) is 5.75 Å². The van der Waals surface area contributed by atoms with Crippen molar-refractivity contribution in [1.82, 2.24) is 20.2 Å². The third-order valence-corrected chi connectivity index (χ3v) is 9.42. The molecule has 7 aromatic rings. The van der Waals surface area contributed by atoms with Crippen molar-refractivity contribution in [2.24, 2.45) is 5.10 Å². The van der Waals surface area contributed by atoms with Crippen molar-refractivity contribution in [1.29, 1.82) is 0 Å². The Bertz CT molecular complexity index is 2450. The van der Waals surface area contributed by atoms with Crippen LogP contribution in [0.25, 0.3) is 43.8 Å². The van der Waals surface area contributed by atoms with E-state index in [0.29, 0.717) is 11.4 Å². The average molecular weight is 658 g/mol. The molecular formula is C37H31N5O5S. The Kier molecular flexibility index (Phi) is 8.22. The zero-order valence-electron chi connectivity index (χ0n) is 26.2. The van der Waals surface area contributed by atoms with Crippen molar-refractivity contribution in [3.05, 3.63) is 126 Å². The van der Waals surface area contributed by atoms with Gasteiger partial charge in [-0.15, -0.1) is 0 Å². The molecule has 0 aliphatic carbocycles. The maximum Gasteiger partial charge on any atom is 0.300 e. The van der Waals surface area contributed by atoms with E-state index in [1.807, 2.05) is 49.4 Å². The highest BCUT2D eigenvalue weighted by atomic mass is 32.2. The highest BCUT2D eigenvalue weighted by molar-refractivity contribution is 7.86. The van der Waals surface area contributed by atoms with Crippen LogP contribution in [0.3, 0.4) is 0 Å². The standard InChI is InChI=1S/C37H31N5O5S/c1-3-42-35-7-5-4-6-31(35)32-18-25(10-17-36(32)42)22-38-41-37(43)34-21-33(39-40-34)28-12-11-27-20-29(14-13-26(27)19-28)46-23-47-48(44,45)30-15-8-24(2)9-16-30/h4-22H,3,23H2,1-2H3,(H,39,40)(H,41,43)/b38-22+. The Balaban J connectivity index is 0.987. The zero-order valence-corrected chi connectivity index (χ0v) is 27.0. The van der Waals surface area contributed by atoms with E-state index in [1.165, 1.54) is 23.0 Å². The molecule has 0 fully saturated rings. The van der Waals surface area contributed by atoms with Gasteiger partial charge in [-0.25, -0.2) is 9.61 Å². The molecule has 11 heteroatoms. The van der Waals surface area contributed by atoms with E-state index < -0.39 is 22.8 Å². The molecule has 0 saturated carbocycles. The van der Waals surface area contributed by atoms with Crippen molar-refractivity contribution in [3.63, 3.8) is 0 Å². The van der Waals surface area contributed by atoms with E-state index in [4.69, 9.17) is 8.92 Å². The number of hydrazone groups is 1. The number of H-pyrrole nitrogens is 1. The number of nitrogens with zero attached hydrogens (tertiary/aromatic N) is 3. The van der Waals surface area contributed by atoms with Gasteiger partial charge in [0, 0.05) is 33.9 Å². The van der Waals surface area contributed by atoms with Gasteiger partial charge in [-0.05, 0) is 84.8 Å². The maximum absolute atomic E-state index is 12.8. The fraction of sp³-hybridized carbons (Fsp3) is 0.108. The fourth-order valence-corrected chi connectivity index (χ4v) is 6.49. The van der Waals surface area contributed by atoms with Crippen molar-refractivity contribution in [2.75, 3.05) is 6.79 Å². The van der Waals surface area contributed by atoms with Crippen LogP contribution in [-0.2, 0) is 20.8 Å². The molecule has 240 valence electrons. The van der Waals surface area contributed by atoms with Gasteiger partial charge in [-0.1, -0.05) is 60.2 Å². The van der Waals surface area contributed by atoms with Gasteiger partial charge in [-0.2, -0.15) is 18.6 Å². The molecule has 7 rings (SSSR count). The third-order valence-electron chi connectivity index (χ3n) is 8.16. The van der Waals surface area contributed by atoms with Crippen LogP contribution >= 0.6 is 0 Å². The number of benzene rings is 5. The largest absolute Gasteiger partial charge is 0.466 e. The first kappa shape index (κ1) is 30.9. The molecule has 0 saturated heterocycles. The topological polar surface area (TPSA) is 128 Å². The van der Waals surface area contributed by atoms with Crippen LogP contribution in [0.4, 0.5) is 0 Å². The molecule has 48 heavy (non-hydrogen) atoms. The van der Waals surface area contributed by atoms with Gasteiger partial charge in [0.05, 0.1) is 16.8 Å². The lowest BCUT2D eigenvalue weighted by atomic mass is 10.0. The highest BCUT2D eigenvalue weighted by Gasteiger charge is 2.16. The van der Waals surface area contributed by atoms with Crippen molar-refractivity contribution >= 4 is 54.8 Å². The van der Waals surface area contributed by atoms with Crippen molar-refractivity contribution < 1.29 is 22.1 Å². The summed E-state index contributed by atoms with van der Waals surface area (Å²) in [6.07, 6.45) is 1.63. The number of hydrogen-bond acceptors (Lipinski definition) is 7. The summed E-state index contributed by atoms with van der Waals surface area (Å²) in [6.45, 7) is 4.42. The highest BCUT2D eigenvalue weighted by Crippen LogP contribution is 2.30. The first-order chi connectivity index (χ1) is 23.3. The number of amides is 1. The molecule has 10 nitrogen and oxygen atoms in total. The number of para-hydroxylation sites is 1. The minimum absolute atomic E-state index is 0.0692. The Labute approximate surface area is 276 Å². The molecule has 0 radical (unpaired) electrons. The molecular weight excluding hydrogens is 627 g/mol. The molecule has 2 aromatic heterocycles. The number of hydrogen-bond donors (Lipinski definition) is 2. The molecule has 0 aliphatic rings. The predicted molar refractivity (Wildman–Crippen MR) is 187 cm³/mol. The first-order valence-corrected chi connectivity index (χ1v) is 16.7. The number of aromatic amines is 1. The summed E-state index contributed by atoms with van der Waals surface area (Å²) in [6, 6.07) is 33.6. The number of aromatic nitrogens is 3. The summed E-state index contributed by atoms with van der Waals surface area (Å²) in [5, 5.41) is 15.4. The SMILES string of the molecule is CCn1c2ccccc2c2cc(/C=N/NC(=O)c3cc(-c4ccc5cc(OCOS(=O)(=O)c6ccc(C)cc6)ccc5c4)n[nH]3)ccc21. The van der Waals surface area contributed by atoms with E-state index in [2.05, 4.69) is 56.5 Å². The van der Waals surface area contributed by atoms with Crippen LogP contribution < -0.4 is 10.2 Å². The quantitative estimate of drug-likeness (QED) is 0.0695. The number of rotatable bonds is 10. The number of nitrogens with one attached hydrogen (secondary N) is 2. The van der Waals surface area contributed by atoms with E-state index in [9.17, 15) is 13.2 Å². The summed E-state index contributed by atoms with van der Waals surface area (Å²) in [5.74, 6) is 0.0455. The second kappa shape index (κ2) is 12.8. The van der Waals surface area contributed by atoms with Crippen LogP contribution in [0.1, 0.15) is 28.5 Å². The minimum Gasteiger partial charge on any atom is -0.466 e. The maximum atomic E-state index is 12.8. The predicted octanol–water partition coefficient (Wildman–Crippen LogP) is 7.17. The molecule has 1 amide bonds. The number of carbonyl (C=O) groups is 1. The molecule has 0 bridgehead atoms. The Morgan fingerprint density at radius 2 is 1.67 bits per heavy atom. The lowest BCUT2D eigenvalue weighted by molar-refractivity contribution is 0.0950. The normalized spacial score (nSPS) is 12.0. The smallest absolute Gasteiger partial charge is 0.300 e. The van der Waals surface area contributed by atoms with Crippen molar-refractivity contribution in [2.45, 2.75) is 25.3 Å². The summed E-state index contributed by atoms with van der Waals surface area (Å²) in [7, 11) is -3.93. The summed E-state index contributed by atoms with van der Waals surface area (Å²) < 4.78 is 37.7. The summed E-state index contributed by atoms with van der Waals surface area (Å²) in [5.41, 5.74) is 8.42. The first-order valence-electron chi connectivity index (χ1n) is 15.3. The second-order valence-corrected chi connectivity index (χ2v) is 12.9. The molecule has 2 heterocycles. The lowest BCUT2D eigenvalue weighted by Gasteiger charge is -2.09. The summed E-state index contributed by atoms with van der Waals surface area (Å²) >= 11 is 0. The van der Waals surface area contributed by atoms with E-state index >= 15 is 0 Å². The monoisotopic (exact) mass is 657 g/mol. The van der Waals surface area contributed by atoms with E-state index in [0.717, 1.165) is 44.9 Å². The van der Waals surface area contributed by atoms with E-state index in [1.54, 1.807) is 36.5 Å². The molecule has 0 unspecified atom stereocenters. The fourth-order valence-electron chi connectivity index (χ4n) is 5.71. The number of fused-ring (bicyclic) bond motifs is 4. The minimum atomic E-state index is -3.93. The Morgan fingerprint density at radius 1 is 0.896 bits per heavy atom.